The first-order valence-electron chi connectivity index (χ1n) is 6.64. The number of carbonyl (C=O) groups excluding carboxylic acids is 1. The van der Waals surface area contributed by atoms with Crippen molar-refractivity contribution in [2.24, 2.45) is 5.92 Å². The van der Waals surface area contributed by atoms with Crippen LogP contribution in [-0.2, 0) is 10.2 Å². The number of carbonyl (C=O) groups is 1. The van der Waals surface area contributed by atoms with Gasteiger partial charge >= 0.3 is 0 Å². The van der Waals surface area contributed by atoms with E-state index in [9.17, 15) is 4.79 Å². The molecule has 1 aromatic carbocycles. The van der Waals surface area contributed by atoms with Crippen LogP contribution in [0.4, 0.5) is 0 Å². The van der Waals surface area contributed by atoms with Crippen LogP contribution in [0.2, 0.25) is 0 Å². The van der Waals surface area contributed by atoms with E-state index in [0.29, 0.717) is 0 Å². The fourth-order valence-corrected chi connectivity index (χ4v) is 2.03. The SMILES string of the molecule is Cc1ccc(OCC(=O)C2CC2)c(C(C)(C)C)c1. The van der Waals surface area contributed by atoms with Gasteiger partial charge in [-0.15, -0.1) is 0 Å². The molecule has 0 unspecified atom stereocenters. The highest BCUT2D eigenvalue weighted by Crippen LogP contribution is 2.33. The maximum Gasteiger partial charge on any atom is 0.173 e. The molecular formula is C16H22O2. The molecule has 0 atom stereocenters. The summed E-state index contributed by atoms with van der Waals surface area (Å²) in [5, 5.41) is 0. The quantitative estimate of drug-likeness (QED) is 0.810. The van der Waals surface area contributed by atoms with E-state index in [1.54, 1.807) is 0 Å². The summed E-state index contributed by atoms with van der Waals surface area (Å²) in [6.07, 6.45) is 2.09. The van der Waals surface area contributed by atoms with Crippen molar-refractivity contribution in [3.63, 3.8) is 0 Å². The number of ether oxygens (including phenoxy) is 1. The Morgan fingerprint density at radius 3 is 2.56 bits per heavy atom. The Hall–Kier alpha value is -1.31. The Bertz CT molecular complexity index is 451. The van der Waals surface area contributed by atoms with Crippen LogP contribution in [0, 0.1) is 12.8 Å². The molecule has 0 amide bonds. The van der Waals surface area contributed by atoms with Gasteiger partial charge in [-0.25, -0.2) is 0 Å². The monoisotopic (exact) mass is 246 g/mol. The summed E-state index contributed by atoms with van der Waals surface area (Å²) in [6.45, 7) is 8.79. The molecule has 2 heteroatoms. The first-order valence-corrected chi connectivity index (χ1v) is 6.64. The van der Waals surface area contributed by atoms with Crippen molar-refractivity contribution in [2.75, 3.05) is 6.61 Å². The molecule has 0 radical (unpaired) electrons. The van der Waals surface area contributed by atoms with E-state index in [1.807, 2.05) is 12.1 Å². The molecule has 0 aliphatic heterocycles. The van der Waals surface area contributed by atoms with Gasteiger partial charge in [-0.1, -0.05) is 38.5 Å². The molecule has 0 bridgehead atoms. The summed E-state index contributed by atoms with van der Waals surface area (Å²) in [5.74, 6) is 1.37. The summed E-state index contributed by atoms with van der Waals surface area (Å²) in [5.41, 5.74) is 2.43. The number of benzene rings is 1. The Labute approximate surface area is 109 Å². The van der Waals surface area contributed by atoms with Gasteiger partial charge in [0.2, 0.25) is 0 Å². The maximum absolute atomic E-state index is 11.7. The molecule has 0 saturated heterocycles. The van der Waals surface area contributed by atoms with E-state index >= 15 is 0 Å². The maximum atomic E-state index is 11.7. The molecule has 0 spiro atoms. The largest absolute Gasteiger partial charge is 0.486 e. The highest BCUT2D eigenvalue weighted by molar-refractivity contribution is 5.84. The first-order chi connectivity index (χ1) is 8.38. The molecule has 1 aliphatic rings. The van der Waals surface area contributed by atoms with E-state index in [0.717, 1.165) is 18.6 Å². The van der Waals surface area contributed by atoms with Crippen molar-refractivity contribution in [3.05, 3.63) is 29.3 Å². The Morgan fingerprint density at radius 2 is 2.00 bits per heavy atom. The standard InChI is InChI=1S/C16H22O2/c1-11-5-8-15(13(9-11)16(2,3)4)18-10-14(17)12-6-7-12/h5,8-9,12H,6-7,10H2,1-4H3. The summed E-state index contributed by atoms with van der Waals surface area (Å²) >= 11 is 0. The zero-order valence-corrected chi connectivity index (χ0v) is 11.7. The molecule has 2 nitrogen and oxygen atoms in total. The molecule has 1 aromatic rings. The third-order valence-electron chi connectivity index (χ3n) is 3.35. The van der Waals surface area contributed by atoms with Crippen LogP contribution in [0.15, 0.2) is 18.2 Å². The fourth-order valence-electron chi connectivity index (χ4n) is 2.03. The topological polar surface area (TPSA) is 26.3 Å². The van der Waals surface area contributed by atoms with Crippen molar-refractivity contribution in [1.29, 1.82) is 0 Å². The van der Waals surface area contributed by atoms with Crippen molar-refractivity contribution in [3.8, 4) is 5.75 Å². The lowest BCUT2D eigenvalue weighted by Crippen LogP contribution is -2.17. The van der Waals surface area contributed by atoms with Crippen LogP contribution >= 0.6 is 0 Å². The van der Waals surface area contributed by atoms with Crippen LogP contribution < -0.4 is 4.74 Å². The molecule has 98 valence electrons. The van der Waals surface area contributed by atoms with E-state index in [4.69, 9.17) is 4.74 Å². The third-order valence-corrected chi connectivity index (χ3v) is 3.35. The predicted octanol–water partition coefficient (Wildman–Crippen LogP) is 3.65. The van der Waals surface area contributed by atoms with Crippen molar-refractivity contribution >= 4 is 5.78 Å². The zero-order chi connectivity index (χ0) is 13.3. The molecule has 0 N–H and O–H groups in total. The van der Waals surface area contributed by atoms with Gasteiger partial charge in [0.1, 0.15) is 12.4 Å². The second-order valence-electron chi connectivity index (χ2n) is 6.28. The number of ketones is 1. The van der Waals surface area contributed by atoms with Gasteiger partial charge in [-0.05, 0) is 36.8 Å². The lowest BCUT2D eigenvalue weighted by Gasteiger charge is -2.23. The van der Waals surface area contributed by atoms with Gasteiger partial charge in [0.05, 0.1) is 0 Å². The van der Waals surface area contributed by atoms with Crippen molar-refractivity contribution in [2.45, 2.75) is 46.0 Å². The highest BCUT2D eigenvalue weighted by atomic mass is 16.5. The summed E-state index contributed by atoms with van der Waals surface area (Å²) < 4.78 is 5.73. The molecule has 1 aliphatic carbocycles. The Balaban J connectivity index is 2.13. The molecule has 1 fully saturated rings. The van der Waals surface area contributed by atoms with E-state index in [-0.39, 0.29) is 23.7 Å². The van der Waals surface area contributed by atoms with E-state index in [2.05, 4.69) is 33.8 Å². The minimum Gasteiger partial charge on any atom is -0.486 e. The minimum atomic E-state index is 0.0317. The number of hydrogen-bond acceptors (Lipinski definition) is 2. The normalized spacial score (nSPS) is 15.6. The average Bonchev–Trinajstić information content (AvgIpc) is 3.09. The molecule has 18 heavy (non-hydrogen) atoms. The molecule has 2 rings (SSSR count). The first kappa shape index (κ1) is 13.1. The summed E-state index contributed by atoms with van der Waals surface area (Å²) in [6, 6.07) is 6.17. The summed E-state index contributed by atoms with van der Waals surface area (Å²) in [7, 11) is 0. The van der Waals surface area contributed by atoms with Crippen molar-refractivity contribution in [1.82, 2.24) is 0 Å². The van der Waals surface area contributed by atoms with Crippen LogP contribution in [0.5, 0.6) is 5.75 Å². The third kappa shape index (κ3) is 3.12. The van der Waals surface area contributed by atoms with Gasteiger partial charge in [0.25, 0.3) is 0 Å². The minimum absolute atomic E-state index is 0.0317. The molecule has 0 aromatic heterocycles. The summed E-state index contributed by atoms with van der Waals surface area (Å²) in [4.78, 5) is 11.7. The number of rotatable bonds is 4. The Morgan fingerprint density at radius 1 is 1.33 bits per heavy atom. The van der Waals surface area contributed by atoms with Crippen LogP contribution in [-0.4, -0.2) is 12.4 Å². The van der Waals surface area contributed by atoms with Crippen LogP contribution in [0.3, 0.4) is 0 Å². The molecular weight excluding hydrogens is 224 g/mol. The number of aryl methyl sites for hydroxylation is 1. The van der Waals surface area contributed by atoms with Gasteiger partial charge in [-0.2, -0.15) is 0 Å². The zero-order valence-electron chi connectivity index (χ0n) is 11.7. The van der Waals surface area contributed by atoms with Gasteiger partial charge < -0.3 is 4.74 Å². The Kier molecular flexibility index (Phi) is 3.47. The van der Waals surface area contributed by atoms with Crippen molar-refractivity contribution < 1.29 is 9.53 Å². The van der Waals surface area contributed by atoms with Crippen LogP contribution in [0.25, 0.3) is 0 Å². The van der Waals surface area contributed by atoms with Gasteiger partial charge in [0, 0.05) is 5.92 Å². The highest BCUT2D eigenvalue weighted by Gasteiger charge is 2.30. The van der Waals surface area contributed by atoms with E-state index < -0.39 is 0 Å². The number of Topliss-reactive ketones (excluding diaryl/α,β-unsaturated/α-hetero) is 1. The smallest absolute Gasteiger partial charge is 0.173 e. The van der Waals surface area contributed by atoms with Gasteiger partial charge in [-0.3, -0.25) is 4.79 Å². The molecule has 0 heterocycles. The van der Waals surface area contributed by atoms with Gasteiger partial charge in [0.15, 0.2) is 5.78 Å². The van der Waals surface area contributed by atoms with E-state index in [1.165, 1.54) is 11.1 Å². The second kappa shape index (κ2) is 4.75. The number of hydrogen-bond donors (Lipinski definition) is 0. The average molecular weight is 246 g/mol. The lowest BCUT2D eigenvalue weighted by atomic mass is 9.85. The van der Waals surface area contributed by atoms with Crippen LogP contribution in [0.1, 0.15) is 44.7 Å². The molecule has 1 saturated carbocycles. The second-order valence-corrected chi connectivity index (χ2v) is 6.28. The predicted molar refractivity (Wildman–Crippen MR) is 73.1 cm³/mol. The fraction of sp³-hybridized carbons (Fsp3) is 0.562. The lowest BCUT2D eigenvalue weighted by molar-refractivity contribution is -0.122.